The number of hydrogen-bond donors (Lipinski definition) is 3. The number of nitrogens with one attached hydrogen (secondary N) is 1. The molecule has 0 radical (unpaired) electrons. The molecular formula is C13H9BrFNO3. The SMILES string of the molecule is O=C(Nc1ccc(O)cc1F)c1ccc(Br)c(O)c1. The highest BCUT2D eigenvalue weighted by Crippen LogP contribution is 2.25. The van der Waals surface area contributed by atoms with Gasteiger partial charge in [0.15, 0.2) is 0 Å². The molecule has 0 spiro atoms. The van der Waals surface area contributed by atoms with Gasteiger partial charge in [-0.25, -0.2) is 4.39 Å². The Balaban J connectivity index is 2.23. The third-order valence-corrected chi connectivity index (χ3v) is 3.08. The number of rotatable bonds is 2. The molecule has 0 saturated carbocycles. The molecule has 0 aliphatic carbocycles. The van der Waals surface area contributed by atoms with Crippen LogP contribution in [0, 0.1) is 5.82 Å². The summed E-state index contributed by atoms with van der Waals surface area (Å²) in [6, 6.07) is 7.67. The molecule has 1 amide bonds. The Hall–Kier alpha value is -2.08. The normalized spacial score (nSPS) is 10.2. The van der Waals surface area contributed by atoms with Crippen molar-refractivity contribution in [3.05, 3.63) is 52.3 Å². The highest BCUT2D eigenvalue weighted by Gasteiger charge is 2.11. The molecule has 0 bridgehead atoms. The van der Waals surface area contributed by atoms with Crippen LogP contribution in [0.25, 0.3) is 0 Å². The van der Waals surface area contributed by atoms with Crippen LogP contribution in [-0.2, 0) is 0 Å². The maximum Gasteiger partial charge on any atom is 0.255 e. The minimum Gasteiger partial charge on any atom is -0.508 e. The Morgan fingerprint density at radius 2 is 1.89 bits per heavy atom. The van der Waals surface area contributed by atoms with E-state index in [0.717, 1.165) is 6.07 Å². The Labute approximate surface area is 116 Å². The minimum atomic E-state index is -0.741. The summed E-state index contributed by atoms with van der Waals surface area (Å²) in [4.78, 5) is 11.8. The monoisotopic (exact) mass is 325 g/mol. The van der Waals surface area contributed by atoms with Crippen molar-refractivity contribution in [1.82, 2.24) is 0 Å². The van der Waals surface area contributed by atoms with Crippen molar-refractivity contribution in [3.8, 4) is 11.5 Å². The molecule has 0 aromatic heterocycles. The molecule has 2 aromatic carbocycles. The van der Waals surface area contributed by atoms with Crippen LogP contribution in [-0.4, -0.2) is 16.1 Å². The number of carbonyl (C=O) groups excluding carboxylic acids is 1. The van der Waals surface area contributed by atoms with Crippen molar-refractivity contribution in [2.75, 3.05) is 5.32 Å². The number of hydrogen-bond acceptors (Lipinski definition) is 3. The van der Waals surface area contributed by atoms with Gasteiger partial charge in [-0.3, -0.25) is 4.79 Å². The lowest BCUT2D eigenvalue weighted by Crippen LogP contribution is -2.12. The molecule has 98 valence electrons. The standard InChI is InChI=1S/C13H9BrFNO3/c14-9-3-1-7(5-12(9)18)13(19)16-11-4-2-8(17)6-10(11)15/h1-6,17-18H,(H,16,19). The summed E-state index contributed by atoms with van der Waals surface area (Å²) in [6.07, 6.45) is 0. The zero-order valence-corrected chi connectivity index (χ0v) is 11.1. The van der Waals surface area contributed by atoms with E-state index in [2.05, 4.69) is 21.2 Å². The maximum atomic E-state index is 13.4. The Morgan fingerprint density at radius 3 is 2.53 bits per heavy atom. The number of aromatic hydroxyl groups is 2. The number of amides is 1. The molecule has 0 atom stereocenters. The summed E-state index contributed by atoms with van der Waals surface area (Å²) < 4.78 is 13.9. The van der Waals surface area contributed by atoms with Crippen molar-refractivity contribution in [2.45, 2.75) is 0 Å². The zero-order chi connectivity index (χ0) is 14.0. The molecule has 19 heavy (non-hydrogen) atoms. The lowest BCUT2D eigenvalue weighted by molar-refractivity contribution is 0.102. The summed E-state index contributed by atoms with van der Waals surface area (Å²) in [5.74, 6) is -1.61. The van der Waals surface area contributed by atoms with Crippen molar-refractivity contribution < 1.29 is 19.4 Å². The lowest BCUT2D eigenvalue weighted by atomic mass is 10.2. The van der Waals surface area contributed by atoms with Gasteiger partial charge < -0.3 is 15.5 Å². The van der Waals surface area contributed by atoms with Gasteiger partial charge in [0.1, 0.15) is 17.3 Å². The molecule has 0 aliphatic heterocycles. The van der Waals surface area contributed by atoms with Crippen LogP contribution in [0.5, 0.6) is 11.5 Å². The van der Waals surface area contributed by atoms with E-state index >= 15 is 0 Å². The number of phenols is 2. The van der Waals surface area contributed by atoms with Crippen molar-refractivity contribution in [1.29, 1.82) is 0 Å². The van der Waals surface area contributed by atoms with E-state index in [4.69, 9.17) is 5.11 Å². The molecule has 3 N–H and O–H groups in total. The smallest absolute Gasteiger partial charge is 0.255 e. The van der Waals surface area contributed by atoms with Crippen LogP contribution >= 0.6 is 15.9 Å². The van der Waals surface area contributed by atoms with Gasteiger partial charge in [-0.2, -0.15) is 0 Å². The minimum absolute atomic E-state index is 0.0507. The van der Waals surface area contributed by atoms with E-state index < -0.39 is 11.7 Å². The molecule has 2 aromatic rings. The number of benzene rings is 2. The molecular weight excluding hydrogens is 317 g/mol. The average Bonchev–Trinajstić information content (AvgIpc) is 2.36. The van der Waals surface area contributed by atoms with Gasteiger partial charge in [0.05, 0.1) is 10.2 Å². The predicted molar refractivity (Wildman–Crippen MR) is 71.8 cm³/mol. The number of halogens is 2. The van der Waals surface area contributed by atoms with Gasteiger partial charge in [0.2, 0.25) is 0 Å². The first-order valence-corrected chi connectivity index (χ1v) is 6.05. The van der Waals surface area contributed by atoms with E-state index in [-0.39, 0.29) is 22.7 Å². The summed E-state index contributed by atoms with van der Waals surface area (Å²) in [6.45, 7) is 0. The van der Waals surface area contributed by atoms with Gasteiger partial charge in [-0.05, 0) is 46.3 Å². The highest BCUT2D eigenvalue weighted by molar-refractivity contribution is 9.10. The van der Waals surface area contributed by atoms with Gasteiger partial charge in [-0.1, -0.05) is 0 Å². The number of phenolic OH excluding ortho intramolecular Hbond substituents is 2. The third kappa shape index (κ3) is 3.03. The number of anilines is 1. The van der Waals surface area contributed by atoms with Crippen LogP contribution < -0.4 is 5.32 Å². The Bertz CT molecular complexity index is 646. The molecule has 4 nitrogen and oxygen atoms in total. The van der Waals surface area contributed by atoms with E-state index in [1.54, 1.807) is 0 Å². The van der Waals surface area contributed by atoms with Gasteiger partial charge in [-0.15, -0.1) is 0 Å². The first kappa shape index (κ1) is 13.4. The Kier molecular flexibility index (Phi) is 3.71. The topological polar surface area (TPSA) is 69.6 Å². The van der Waals surface area contributed by atoms with Crippen LogP contribution in [0.4, 0.5) is 10.1 Å². The first-order valence-electron chi connectivity index (χ1n) is 5.26. The zero-order valence-electron chi connectivity index (χ0n) is 9.52. The lowest BCUT2D eigenvalue weighted by Gasteiger charge is -2.07. The number of carbonyl (C=O) groups is 1. The summed E-state index contributed by atoms with van der Waals surface area (Å²) in [7, 11) is 0. The van der Waals surface area contributed by atoms with E-state index in [1.165, 1.54) is 30.3 Å². The van der Waals surface area contributed by atoms with Crippen molar-refractivity contribution >= 4 is 27.5 Å². The third-order valence-electron chi connectivity index (χ3n) is 2.41. The quantitative estimate of drug-likeness (QED) is 0.742. The van der Waals surface area contributed by atoms with E-state index in [0.29, 0.717) is 4.47 Å². The van der Waals surface area contributed by atoms with Gasteiger partial charge in [0, 0.05) is 11.6 Å². The van der Waals surface area contributed by atoms with Crippen LogP contribution in [0.3, 0.4) is 0 Å². The molecule has 2 rings (SSSR count). The maximum absolute atomic E-state index is 13.4. The van der Waals surface area contributed by atoms with E-state index in [9.17, 15) is 14.3 Å². The largest absolute Gasteiger partial charge is 0.508 e. The fourth-order valence-electron chi connectivity index (χ4n) is 1.45. The average molecular weight is 326 g/mol. The predicted octanol–water partition coefficient (Wildman–Crippen LogP) is 3.25. The van der Waals surface area contributed by atoms with Crippen molar-refractivity contribution in [2.24, 2.45) is 0 Å². The summed E-state index contributed by atoms with van der Waals surface area (Å²) in [5.41, 5.74) is 0.137. The summed E-state index contributed by atoms with van der Waals surface area (Å²) >= 11 is 3.10. The Morgan fingerprint density at radius 1 is 1.16 bits per heavy atom. The summed E-state index contributed by atoms with van der Waals surface area (Å²) in [5, 5.41) is 20.9. The van der Waals surface area contributed by atoms with Crippen LogP contribution in [0.1, 0.15) is 10.4 Å². The first-order chi connectivity index (χ1) is 8.97. The molecule has 0 fully saturated rings. The second kappa shape index (κ2) is 5.27. The van der Waals surface area contributed by atoms with Crippen LogP contribution in [0.2, 0.25) is 0 Å². The molecule has 0 unspecified atom stereocenters. The molecule has 6 heteroatoms. The fourth-order valence-corrected chi connectivity index (χ4v) is 1.70. The fraction of sp³-hybridized carbons (Fsp3) is 0. The second-order valence-corrected chi connectivity index (χ2v) is 4.64. The van der Waals surface area contributed by atoms with E-state index in [1.807, 2.05) is 0 Å². The van der Waals surface area contributed by atoms with Gasteiger partial charge in [0.25, 0.3) is 5.91 Å². The highest BCUT2D eigenvalue weighted by atomic mass is 79.9. The van der Waals surface area contributed by atoms with Crippen molar-refractivity contribution in [3.63, 3.8) is 0 Å². The molecule has 0 heterocycles. The van der Waals surface area contributed by atoms with Crippen LogP contribution in [0.15, 0.2) is 40.9 Å². The van der Waals surface area contributed by atoms with Gasteiger partial charge >= 0.3 is 0 Å². The molecule has 0 saturated heterocycles. The second-order valence-electron chi connectivity index (χ2n) is 3.78. The molecule has 0 aliphatic rings.